The highest BCUT2D eigenvalue weighted by Gasteiger charge is 2.20. The van der Waals surface area contributed by atoms with E-state index in [2.05, 4.69) is 10.5 Å². The molecule has 0 bridgehead atoms. The van der Waals surface area contributed by atoms with E-state index in [0.717, 1.165) is 5.39 Å². The minimum Gasteiger partial charge on any atom is -0.493 e. The number of para-hydroxylation sites is 1. The number of carbonyl (C=O) groups is 2. The van der Waals surface area contributed by atoms with Crippen LogP contribution in [0.15, 0.2) is 45.9 Å². The SMILES string of the molecule is COc1ccc(/C=N\NC(=O)c2oc3ccccc3c2C)c(C(=O)O)c1OC. The van der Waals surface area contributed by atoms with Crippen molar-refractivity contribution in [2.45, 2.75) is 6.92 Å². The fourth-order valence-electron chi connectivity index (χ4n) is 2.87. The van der Waals surface area contributed by atoms with Crippen molar-refractivity contribution in [3.8, 4) is 11.5 Å². The molecule has 2 aromatic carbocycles. The fraction of sp³-hybridized carbons (Fsp3) is 0.150. The first kappa shape index (κ1) is 19.0. The number of benzene rings is 2. The number of furan rings is 1. The van der Waals surface area contributed by atoms with E-state index in [4.69, 9.17) is 13.9 Å². The van der Waals surface area contributed by atoms with Crippen LogP contribution in [0, 0.1) is 6.92 Å². The van der Waals surface area contributed by atoms with Crippen molar-refractivity contribution in [3.63, 3.8) is 0 Å². The summed E-state index contributed by atoms with van der Waals surface area (Å²) < 4.78 is 15.8. The molecule has 8 heteroatoms. The largest absolute Gasteiger partial charge is 0.493 e. The van der Waals surface area contributed by atoms with Gasteiger partial charge in [-0.15, -0.1) is 0 Å². The van der Waals surface area contributed by atoms with Crippen LogP contribution in [-0.2, 0) is 0 Å². The minimum atomic E-state index is -1.21. The van der Waals surface area contributed by atoms with Gasteiger partial charge in [-0.25, -0.2) is 10.2 Å². The molecule has 0 saturated carbocycles. The predicted octanol–water partition coefficient (Wildman–Crippen LogP) is 3.22. The van der Waals surface area contributed by atoms with Crippen molar-refractivity contribution in [3.05, 3.63) is 58.8 Å². The predicted molar refractivity (Wildman–Crippen MR) is 103 cm³/mol. The Kier molecular flexibility index (Phi) is 5.30. The second-order valence-corrected chi connectivity index (χ2v) is 5.82. The molecule has 1 amide bonds. The van der Waals surface area contributed by atoms with E-state index >= 15 is 0 Å². The maximum Gasteiger partial charge on any atom is 0.340 e. The van der Waals surface area contributed by atoms with Gasteiger partial charge in [-0.1, -0.05) is 18.2 Å². The number of ether oxygens (including phenoxy) is 2. The van der Waals surface area contributed by atoms with Crippen molar-refractivity contribution in [2.24, 2.45) is 5.10 Å². The fourth-order valence-corrected chi connectivity index (χ4v) is 2.87. The molecule has 28 heavy (non-hydrogen) atoms. The van der Waals surface area contributed by atoms with E-state index in [9.17, 15) is 14.7 Å². The second kappa shape index (κ2) is 7.83. The number of hydrogen-bond donors (Lipinski definition) is 2. The number of nitrogens with zero attached hydrogens (tertiary/aromatic N) is 1. The van der Waals surface area contributed by atoms with E-state index in [1.165, 1.54) is 26.5 Å². The Morgan fingerprint density at radius 1 is 1.14 bits per heavy atom. The molecular formula is C20H18N2O6. The summed E-state index contributed by atoms with van der Waals surface area (Å²) in [6.45, 7) is 1.78. The summed E-state index contributed by atoms with van der Waals surface area (Å²) >= 11 is 0. The molecule has 8 nitrogen and oxygen atoms in total. The van der Waals surface area contributed by atoms with Crippen molar-refractivity contribution in [2.75, 3.05) is 14.2 Å². The summed E-state index contributed by atoms with van der Waals surface area (Å²) in [5.74, 6) is -1.26. The lowest BCUT2D eigenvalue weighted by Crippen LogP contribution is -2.18. The standard InChI is InChI=1S/C20H18N2O6/c1-11-13-6-4-5-7-14(13)28-17(11)19(23)22-21-10-12-8-9-15(26-2)18(27-3)16(12)20(24)25/h4-10H,1-3H3,(H,22,23)(H,24,25)/b21-10-. The minimum absolute atomic E-state index is 0.0680. The van der Waals surface area contributed by atoms with Crippen molar-refractivity contribution in [1.82, 2.24) is 5.43 Å². The number of carboxylic acid groups (broad SMARTS) is 1. The van der Waals surface area contributed by atoms with Crippen LogP contribution in [0.3, 0.4) is 0 Å². The number of hydrogen-bond acceptors (Lipinski definition) is 6. The van der Waals surface area contributed by atoms with Crippen molar-refractivity contribution in [1.29, 1.82) is 0 Å². The van der Waals surface area contributed by atoms with Gasteiger partial charge < -0.3 is 19.0 Å². The highest BCUT2D eigenvalue weighted by Crippen LogP contribution is 2.33. The number of carbonyl (C=O) groups excluding carboxylic acids is 1. The van der Waals surface area contributed by atoms with Gasteiger partial charge in [0.2, 0.25) is 0 Å². The molecule has 0 saturated heterocycles. The molecule has 0 atom stereocenters. The molecule has 144 valence electrons. The molecule has 0 spiro atoms. The maximum atomic E-state index is 12.4. The molecule has 0 fully saturated rings. The van der Waals surface area contributed by atoms with Crippen LogP contribution in [0.1, 0.15) is 32.0 Å². The molecule has 0 radical (unpaired) electrons. The lowest BCUT2D eigenvalue weighted by molar-refractivity contribution is 0.0692. The number of nitrogens with one attached hydrogen (secondary N) is 1. The Morgan fingerprint density at radius 2 is 1.89 bits per heavy atom. The molecule has 3 rings (SSSR count). The van der Waals surface area contributed by atoms with Crippen LogP contribution < -0.4 is 14.9 Å². The van der Waals surface area contributed by atoms with Crippen LogP contribution in [0.4, 0.5) is 0 Å². The third-order valence-corrected chi connectivity index (χ3v) is 4.21. The number of methoxy groups -OCH3 is 2. The van der Waals surface area contributed by atoms with E-state index in [0.29, 0.717) is 11.1 Å². The molecule has 0 unspecified atom stereocenters. The highest BCUT2D eigenvalue weighted by atomic mass is 16.5. The zero-order valence-electron chi connectivity index (χ0n) is 15.5. The Balaban J connectivity index is 1.87. The average molecular weight is 382 g/mol. The summed E-state index contributed by atoms with van der Waals surface area (Å²) in [6, 6.07) is 10.4. The van der Waals surface area contributed by atoms with Gasteiger partial charge in [0.15, 0.2) is 17.3 Å². The molecule has 0 aliphatic rings. The molecule has 2 N–H and O–H groups in total. The molecular weight excluding hydrogens is 364 g/mol. The van der Waals surface area contributed by atoms with Gasteiger partial charge in [0.25, 0.3) is 0 Å². The first-order valence-electron chi connectivity index (χ1n) is 8.27. The van der Waals surface area contributed by atoms with Gasteiger partial charge in [-0.2, -0.15) is 5.10 Å². The van der Waals surface area contributed by atoms with Crippen LogP contribution in [0.25, 0.3) is 11.0 Å². The van der Waals surface area contributed by atoms with Crippen LogP contribution in [0.5, 0.6) is 11.5 Å². The number of fused-ring (bicyclic) bond motifs is 1. The topological polar surface area (TPSA) is 110 Å². The highest BCUT2D eigenvalue weighted by molar-refractivity contribution is 6.03. The first-order chi connectivity index (χ1) is 13.5. The second-order valence-electron chi connectivity index (χ2n) is 5.82. The van der Waals surface area contributed by atoms with Gasteiger partial charge in [0, 0.05) is 16.5 Å². The van der Waals surface area contributed by atoms with E-state index in [1.807, 2.05) is 18.2 Å². The summed E-state index contributed by atoms with van der Waals surface area (Å²) in [5, 5.41) is 14.2. The van der Waals surface area contributed by atoms with Crippen molar-refractivity contribution >= 4 is 29.1 Å². The number of amides is 1. The molecule has 1 heterocycles. The lowest BCUT2D eigenvalue weighted by atomic mass is 10.1. The Bertz CT molecular complexity index is 1080. The zero-order chi connectivity index (χ0) is 20.3. The number of hydrazone groups is 1. The lowest BCUT2D eigenvalue weighted by Gasteiger charge is -2.12. The third-order valence-electron chi connectivity index (χ3n) is 4.21. The van der Waals surface area contributed by atoms with Gasteiger partial charge in [-0.05, 0) is 25.1 Å². The average Bonchev–Trinajstić information content (AvgIpc) is 3.04. The maximum absolute atomic E-state index is 12.4. The first-order valence-corrected chi connectivity index (χ1v) is 8.27. The van der Waals surface area contributed by atoms with Gasteiger partial charge >= 0.3 is 11.9 Å². The van der Waals surface area contributed by atoms with Gasteiger partial charge in [0.1, 0.15) is 11.1 Å². The van der Waals surface area contributed by atoms with Crippen LogP contribution in [0.2, 0.25) is 0 Å². The summed E-state index contributed by atoms with van der Waals surface area (Å²) in [4.78, 5) is 24.0. The molecule has 0 aliphatic heterocycles. The summed E-state index contributed by atoms with van der Waals surface area (Å²) in [7, 11) is 2.75. The number of aryl methyl sites for hydroxylation is 1. The van der Waals surface area contributed by atoms with E-state index in [-0.39, 0.29) is 28.4 Å². The molecule has 3 aromatic rings. The molecule has 0 aliphatic carbocycles. The van der Waals surface area contributed by atoms with Gasteiger partial charge in [-0.3, -0.25) is 4.79 Å². The Morgan fingerprint density at radius 3 is 2.54 bits per heavy atom. The Hall–Kier alpha value is -3.81. The smallest absolute Gasteiger partial charge is 0.340 e. The quantitative estimate of drug-likeness (QED) is 0.500. The van der Waals surface area contributed by atoms with Gasteiger partial charge in [0.05, 0.1) is 20.4 Å². The third kappa shape index (κ3) is 3.39. The Labute approximate surface area is 160 Å². The molecule has 1 aromatic heterocycles. The number of carboxylic acids is 1. The van der Waals surface area contributed by atoms with E-state index in [1.54, 1.807) is 19.1 Å². The zero-order valence-corrected chi connectivity index (χ0v) is 15.5. The number of rotatable bonds is 6. The normalized spacial score (nSPS) is 11.0. The van der Waals surface area contributed by atoms with E-state index < -0.39 is 11.9 Å². The van der Waals surface area contributed by atoms with Crippen LogP contribution >= 0.6 is 0 Å². The van der Waals surface area contributed by atoms with Crippen LogP contribution in [-0.4, -0.2) is 37.4 Å². The summed E-state index contributed by atoms with van der Waals surface area (Å²) in [5.41, 5.74) is 3.76. The summed E-state index contributed by atoms with van der Waals surface area (Å²) in [6.07, 6.45) is 1.22. The van der Waals surface area contributed by atoms with Crippen molar-refractivity contribution < 1.29 is 28.6 Å². The monoisotopic (exact) mass is 382 g/mol. The number of aromatic carboxylic acids is 1.